The Hall–Kier alpha value is -2.06. The summed E-state index contributed by atoms with van der Waals surface area (Å²) in [5, 5.41) is 0. The number of hydrogen-bond donors (Lipinski definition) is 2. The molecule has 1 atom stereocenters. The minimum Gasteiger partial charge on any atom is -0.406 e. The normalized spacial score (nSPS) is 18.3. The SMILES string of the molecule is CC(c1nc(-c2ccc(OC(F)(F)F)cc2)c[nH]1)C1(N)COC1. The van der Waals surface area contributed by atoms with Crippen LogP contribution >= 0.6 is 0 Å². The molecule has 1 fully saturated rings. The van der Waals surface area contributed by atoms with Gasteiger partial charge in [-0.05, 0) is 24.3 Å². The molecule has 3 rings (SSSR count). The van der Waals surface area contributed by atoms with E-state index in [4.69, 9.17) is 10.5 Å². The standard InChI is InChI=1S/C15H16F3N3O2/c1-9(14(19)7-22-8-14)13-20-6-12(21-13)10-2-4-11(5-3-10)23-15(16,17)18/h2-6,9H,7-8,19H2,1H3,(H,20,21). The second-order valence-corrected chi connectivity index (χ2v) is 5.69. The minimum atomic E-state index is -4.70. The molecule has 1 saturated heterocycles. The number of nitrogens with one attached hydrogen (secondary N) is 1. The zero-order valence-electron chi connectivity index (χ0n) is 12.4. The van der Waals surface area contributed by atoms with E-state index in [0.29, 0.717) is 24.5 Å². The predicted octanol–water partition coefficient (Wildman–Crippen LogP) is 2.81. The molecule has 0 amide bonds. The second-order valence-electron chi connectivity index (χ2n) is 5.69. The zero-order valence-corrected chi connectivity index (χ0v) is 12.4. The molecule has 1 aromatic heterocycles. The van der Waals surface area contributed by atoms with Crippen LogP contribution in [0.15, 0.2) is 30.5 Å². The van der Waals surface area contributed by atoms with E-state index in [2.05, 4.69) is 14.7 Å². The van der Waals surface area contributed by atoms with Gasteiger partial charge in [-0.15, -0.1) is 13.2 Å². The predicted molar refractivity (Wildman–Crippen MR) is 76.9 cm³/mol. The molecule has 1 aromatic carbocycles. The Labute approximate surface area is 130 Å². The van der Waals surface area contributed by atoms with Crippen molar-refractivity contribution < 1.29 is 22.6 Å². The number of benzene rings is 1. The maximum Gasteiger partial charge on any atom is 0.573 e. The summed E-state index contributed by atoms with van der Waals surface area (Å²) < 4.78 is 45.4. The highest BCUT2D eigenvalue weighted by atomic mass is 19.4. The maximum atomic E-state index is 12.1. The Kier molecular flexibility index (Phi) is 3.81. The van der Waals surface area contributed by atoms with Gasteiger partial charge < -0.3 is 20.2 Å². The van der Waals surface area contributed by atoms with Gasteiger partial charge in [0.15, 0.2) is 0 Å². The molecule has 1 unspecified atom stereocenters. The van der Waals surface area contributed by atoms with Crippen LogP contribution in [0.1, 0.15) is 18.7 Å². The molecule has 2 heterocycles. The van der Waals surface area contributed by atoms with Crippen LogP contribution in [0.5, 0.6) is 5.75 Å². The molecule has 3 N–H and O–H groups in total. The highest BCUT2D eigenvalue weighted by Crippen LogP contribution is 2.32. The van der Waals surface area contributed by atoms with Crippen molar-refractivity contribution in [1.82, 2.24) is 9.97 Å². The van der Waals surface area contributed by atoms with Crippen molar-refractivity contribution in [3.63, 3.8) is 0 Å². The van der Waals surface area contributed by atoms with Crippen molar-refractivity contribution in [2.45, 2.75) is 24.7 Å². The lowest BCUT2D eigenvalue weighted by Crippen LogP contribution is -2.60. The Morgan fingerprint density at radius 2 is 1.96 bits per heavy atom. The van der Waals surface area contributed by atoms with Crippen LogP contribution in [0.25, 0.3) is 11.3 Å². The average Bonchev–Trinajstić information content (AvgIpc) is 2.93. The van der Waals surface area contributed by atoms with Gasteiger partial charge in [-0.25, -0.2) is 4.98 Å². The molecule has 0 aliphatic carbocycles. The van der Waals surface area contributed by atoms with Crippen LogP contribution in [0, 0.1) is 0 Å². The van der Waals surface area contributed by atoms with Gasteiger partial charge in [-0.1, -0.05) is 6.92 Å². The molecule has 0 saturated carbocycles. The summed E-state index contributed by atoms with van der Waals surface area (Å²) >= 11 is 0. The quantitative estimate of drug-likeness (QED) is 0.906. The van der Waals surface area contributed by atoms with E-state index < -0.39 is 11.9 Å². The molecule has 124 valence electrons. The lowest BCUT2D eigenvalue weighted by atomic mass is 9.84. The molecule has 1 aliphatic heterocycles. The van der Waals surface area contributed by atoms with E-state index in [1.165, 1.54) is 24.3 Å². The monoisotopic (exact) mass is 327 g/mol. The summed E-state index contributed by atoms with van der Waals surface area (Å²) in [5.74, 6) is 0.442. The van der Waals surface area contributed by atoms with Crippen LogP contribution in [0.4, 0.5) is 13.2 Å². The van der Waals surface area contributed by atoms with E-state index in [1.807, 2.05) is 6.92 Å². The molecule has 5 nitrogen and oxygen atoms in total. The number of nitrogens with two attached hydrogens (primary N) is 1. The number of halogens is 3. The van der Waals surface area contributed by atoms with Gasteiger partial charge in [-0.2, -0.15) is 0 Å². The topological polar surface area (TPSA) is 73.2 Å². The van der Waals surface area contributed by atoms with Crippen LogP contribution < -0.4 is 10.5 Å². The highest BCUT2D eigenvalue weighted by molar-refractivity contribution is 5.59. The number of hydrogen-bond acceptors (Lipinski definition) is 4. The molecule has 0 radical (unpaired) electrons. The van der Waals surface area contributed by atoms with E-state index in [1.54, 1.807) is 6.20 Å². The molecular weight excluding hydrogens is 311 g/mol. The Morgan fingerprint density at radius 1 is 1.30 bits per heavy atom. The summed E-state index contributed by atoms with van der Waals surface area (Å²) in [6, 6.07) is 5.56. The number of rotatable bonds is 4. The summed E-state index contributed by atoms with van der Waals surface area (Å²) in [4.78, 5) is 7.55. The van der Waals surface area contributed by atoms with E-state index in [9.17, 15) is 13.2 Å². The molecule has 2 aromatic rings. The third kappa shape index (κ3) is 3.32. The average molecular weight is 327 g/mol. The summed E-state index contributed by atoms with van der Waals surface area (Å²) in [6.45, 7) is 2.92. The Balaban J connectivity index is 1.75. The number of aromatic amines is 1. The van der Waals surface area contributed by atoms with E-state index in [-0.39, 0.29) is 11.7 Å². The summed E-state index contributed by atoms with van der Waals surface area (Å²) in [6.07, 6.45) is -2.99. The van der Waals surface area contributed by atoms with Gasteiger partial charge in [-0.3, -0.25) is 0 Å². The minimum absolute atomic E-state index is 0.0159. The molecule has 0 bridgehead atoms. The number of imidazole rings is 1. The number of aromatic nitrogens is 2. The van der Waals surface area contributed by atoms with Crippen LogP contribution in [0.2, 0.25) is 0 Å². The first-order valence-electron chi connectivity index (χ1n) is 7.05. The number of alkyl halides is 3. The highest BCUT2D eigenvalue weighted by Gasteiger charge is 2.41. The van der Waals surface area contributed by atoms with Gasteiger partial charge in [0, 0.05) is 17.7 Å². The second kappa shape index (κ2) is 5.54. The van der Waals surface area contributed by atoms with Gasteiger partial charge in [0.25, 0.3) is 0 Å². The number of H-pyrrole nitrogens is 1. The fourth-order valence-electron chi connectivity index (χ4n) is 2.39. The molecule has 8 heteroatoms. The maximum absolute atomic E-state index is 12.1. The Bertz CT molecular complexity index is 678. The van der Waals surface area contributed by atoms with Gasteiger partial charge in [0.1, 0.15) is 11.6 Å². The molecule has 1 aliphatic rings. The van der Waals surface area contributed by atoms with Crippen molar-refractivity contribution >= 4 is 0 Å². The van der Waals surface area contributed by atoms with Crippen LogP contribution in [-0.2, 0) is 4.74 Å². The lowest BCUT2D eigenvalue weighted by molar-refractivity contribution is -0.274. The number of ether oxygens (including phenoxy) is 2. The first-order valence-corrected chi connectivity index (χ1v) is 7.05. The summed E-state index contributed by atoms with van der Waals surface area (Å²) in [7, 11) is 0. The first kappa shape index (κ1) is 15.8. The van der Waals surface area contributed by atoms with Crippen LogP contribution in [-0.4, -0.2) is 35.1 Å². The van der Waals surface area contributed by atoms with Crippen molar-refractivity contribution in [1.29, 1.82) is 0 Å². The first-order chi connectivity index (χ1) is 10.8. The third-order valence-corrected chi connectivity index (χ3v) is 4.00. The largest absolute Gasteiger partial charge is 0.573 e. The lowest BCUT2D eigenvalue weighted by Gasteiger charge is -2.41. The summed E-state index contributed by atoms with van der Waals surface area (Å²) in [5.41, 5.74) is 7.08. The smallest absolute Gasteiger partial charge is 0.406 e. The molecule has 23 heavy (non-hydrogen) atoms. The van der Waals surface area contributed by atoms with Gasteiger partial charge >= 0.3 is 6.36 Å². The zero-order chi connectivity index (χ0) is 16.7. The van der Waals surface area contributed by atoms with Crippen molar-refractivity contribution in [2.24, 2.45) is 5.73 Å². The van der Waals surface area contributed by atoms with E-state index >= 15 is 0 Å². The van der Waals surface area contributed by atoms with E-state index in [0.717, 1.165) is 5.82 Å². The van der Waals surface area contributed by atoms with Crippen molar-refractivity contribution in [2.75, 3.05) is 13.2 Å². The van der Waals surface area contributed by atoms with Crippen molar-refractivity contribution in [3.05, 3.63) is 36.3 Å². The molecule has 0 spiro atoms. The van der Waals surface area contributed by atoms with Crippen LogP contribution in [0.3, 0.4) is 0 Å². The van der Waals surface area contributed by atoms with Crippen molar-refractivity contribution in [3.8, 4) is 17.0 Å². The number of nitrogens with zero attached hydrogens (tertiary/aromatic N) is 1. The Morgan fingerprint density at radius 3 is 2.48 bits per heavy atom. The van der Waals surface area contributed by atoms with Gasteiger partial charge in [0.05, 0.1) is 24.4 Å². The fourth-order valence-corrected chi connectivity index (χ4v) is 2.39. The third-order valence-electron chi connectivity index (χ3n) is 4.00. The van der Waals surface area contributed by atoms with Gasteiger partial charge in [0.2, 0.25) is 0 Å². The molecular formula is C15H16F3N3O2. The fraction of sp³-hybridized carbons (Fsp3) is 0.400.